The van der Waals surface area contributed by atoms with Gasteiger partial charge in [0.2, 0.25) is 5.95 Å². The van der Waals surface area contributed by atoms with Gasteiger partial charge in [-0.2, -0.15) is 4.98 Å². The molecule has 2 N–H and O–H groups in total. The first-order chi connectivity index (χ1) is 13.5. The van der Waals surface area contributed by atoms with E-state index < -0.39 is 11.2 Å². The van der Waals surface area contributed by atoms with Crippen molar-refractivity contribution in [3.05, 3.63) is 79.9 Å². The SMILES string of the molecule is Cc1noc(C)c1CNc1ncc2c(=O)n(Cc3ccccc3)c(=O)[nH]c2n1. The molecule has 0 aliphatic carbocycles. The Labute approximate surface area is 159 Å². The van der Waals surface area contributed by atoms with E-state index in [0.717, 1.165) is 21.4 Å². The zero-order chi connectivity index (χ0) is 19.7. The second-order valence-corrected chi connectivity index (χ2v) is 6.42. The van der Waals surface area contributed by atoms with Crippen molar-refractivity contribution < 1.29 is 4.52 Å². The molecule has 0 saturated heterocycles. The lowest BCUT2D eigenvalue weighted by Crippen LogP contribution is -2.35. The summed E-state index contributed by atoms with van der Waals surface area (Å²) in [6.07, 6.45) is 1.41. The van der Waals surface area contributed by atoms with Crippen LogP contribution >= 0.6 is 0 Å². The van der Waals surface area contributed by atoms with E-state index in [1.165, 1.54) is 6.20 Å². The predicted octanol–water partition coefficient (Wildman–Crippen LogP) is 1.75. The quantitative estimate of drug-likeness (QED) is 0.543. The molecule has 4 rings (SSSR count). The Morgan fingerprint density at radius 3 is 2.68 bits per heavy atom. The number of rotatable bonds is 5. The summed E-state index contributed by atoms with van der Waals surface area (Å²) in [7, 11) is 0. The summed E-state index contributed by atoms with van der Waals surface area (Å²) in [5, 5.41) is 7.21. The van der Waals surface area contributed by atoms with Crippen LogP contribution in [0.1, 0.15) is 22.6 Å². The van der Waals surface area contributed by atoms with Crippen LogP contribution in [0.2, 0.25) is 0 Å². The van der Waals surface area contributed by atoms with Crippen molar-refractivity contribution in [2.24, 2.45) is 0 Å². The average molecular weight is 378 g/mol. The highest BCUT2D eigenvalue weighted by molar-refractivity contribution is 5.73. The first-order valence-electron chi connectivity index (χ1n) is 8.72. The summed E-state index contributed by atoms with van der Waals surface area (Å²) in [6, 6.07) is 9.30. The number of hydrogen-bond acceptors (Lipinski definition) is 7. The van der Waals surface area contributed by atoms with Gasteiger partial charge in [0, 0.05) is 18.3 Å². The molecule has 1 aromatic carbocycles. The van der Waals surface area contributed by atoms with E-state index in [9.17, 15) is 9.59 Å². The molecule has 0 fully saturated rings. The van der Waals surface area contributed by atoms with Crippen LogP contribution in [0.15, 0.2) is 50.6 Å². The van der Waals surface area contributed by atoms with Crippen molar-refractivity contribution in [1.29, 1.82) is 0 Å². The van der Waals surface area contributed by atoms with E-state index in [2.05, 4.69) is 25.4 Å². The van der Waals surface area contributed by atoms with Gasteiger partial charge in [0.05, 0.1) is 12.2 Å². The summed E-state index contributed by atoms with van der Waals surface area (Å²) in [6.45, 7) is 4.27. The van der Waals surface area contributed by atoms with Crippen LogP contribution in [0.3, 0.4) is 0 Å². The molecule has 0 aliphatic heterocycles. The maximum atomic E-state index is 12.7. The fraction of sp³-hybridized carbons (Fsp3) is 0.211. The molecule has 0 saturated carbocycles. The van der Waals surface area contributed by atoms with Gasteiger partial charge >= 0.3 is 5.69 Å². The third-order valence-electron chi connectivity index (χ3n) is 4.52. The van der Waals surface area contributed by atoms with Gasteiger partial charge in [0.1, 0.15) is 11.1 Å². The molecule has 9 nitrogen and oxygen atoms in total. The number of aromatic amines is 1. The van der Waals surface area contributed by atoms with Crippen molar-refractivity contribution in [2.45, 2.75) is 26.9 Å². The maximum absolute atomic E-state index is 12.7. The molecule has 0 spiro atoms. The summed E-state index contributed by atoms with van der Waals surface area (Å²) in [5.74, 6) is 1.01. The molecular formula is C19H18N6O3. The Morgan fingerprint density at radius 1 is 1.18 bits per heavy atom. The van der Waals surface area contributed by atoms with E-state index in [4.69, 9.17) is 4.52 Å². The minimum atomic E-state index is -0.517. The van der Waals surface area contributed by atoms with Gasteiger partial charge in [-0.25, -0.2) is 9.78 Å². The lowest BCUT2D eigenvalue weighted by Gasteiger charge is -2.08. The summed E-state index contributed by atoms with van der Waals surface area (Å²) < 4.78 is 6.26. The Morgan fingerprint density at radius 2 is 1.96 bits per heavy atom. The lowest BCUT2D eigenvalue weighted by atomic mass is 10.2. The normalized spacial score (nSPS) is 11.1. The minimum Gasteiger partial charge on any atom is -0.361 e. The van der Waals surface area contributed by atoms with E-state index in [-0.39, 0.29) is 17.6 Å². The Hall–Kier alpha value is -3.75. The maximum Gasteiger partial charge on any atom is 0.330 e. The second-order valence-electron chi connectivity index (χ2n) is 6.42. The van der Waals surface area contributed by atoms with Gasteiger partial charge < -0.3 is 9.84 Å². The second kappa shape index (κ2) is 7.10. The first-order valence-corrected chi connectivity index (χ1v) is 8.72. The molecule has 3 aromatic heterocycles. The van der Waals surface area contributed by atoms with Gasteiger partial charge in [0.15, 0.2) is 5.65 Å². The Kier molecular flexibility index (Phi) is 4.48. The largest absolute Gasteiger partial charge is 0.361 e. The molecule has 142 valence electrons. The monoisotopic (exact) mass is 378 g/mol. The zero-order valence-electron chi connectivity index (χ0n) is 15.4. The molecule has 28 heavy (non-hydrogen) atoms. The average Bonchev–Trinajstić information content (AvgIpc) is 3.02. The molecule has 0 atom stereocenters. The number of benzene rings is 1. The van der Waals surface area contributed by atoms with Crippen molar-refractivity contribution in [1.82, 2.24) is 24.7 Å². The van der Waals surface area contributed by atoms with Crippen molar-refractivity contribution >= 4 is 17.0 Å². The van der Waals surface area contributed by atoms with Crippen LogP contribution in [0.5, 0.6) is 0 Å². The minimum absolute atomic E-state index is 0.178. The third kappa shape index (κ3) is 3.29. The van der Waals surface area contributed by atoms with Crippen molar-refractivity contribution in [2.75, 3.05) is 5.32 Å². The molecule has 0 radical (unpaired) electrons. The highest BCUT2D eigenvalue weighted by atomic mass is 16.5. The number of aryl methyl sites for hydroxylation is 2. The summed E-state index contributed by atoms with van der Waals surface area (Å²) >= 11 is 0. The molecule has 0 unspecified atom stereocenters. The first kappa shape index (κ1) is 17.7. The molecule has 0 aliphatic rings. The molecule has 0 bridgehead atoms. The highest BCUT2D eigenvalue weighted by Crippen LogP contribution is 2.14. The number of aromatic nitrogens is 5. The summed E-state index contributed by atoms with van der Waals surface area (Å²) in [4.78, 5) is 36.2. The molecular weight excluding hydrogens is 360 g/mol. The third-order valence-corrected chi connectivity index (χ3v) is 4.52. The predicted molar refractivity (Wildman–Crippen MR) is 103 cm³/mol. The van der Waals surface area contributed by atoms with Crippen LogP contribution in [-0.2, 0) is 13.1 Å². The topological polar surface area (TPSA) is 119 Å². The van der Waals surface area contributed by atoms with E-state index in [1.807, 2.05) is 44.2 Å². The summed E-state index contributed by atoms with van der Waals surface area (Å²) in [5.41, 5.74) is 1.79. The molecule has 4 aromatic rings. The molecule has 9 heteroatoms. The van der Waals surface area contributed by atoms with Crippen molar-refractivity contribution in [3.8, 4) is 0 Å². The fourth-order valence-corrected chi connectivity index (χ4v) is 2.96. The van der Waals surface area contributed by atoms with Gasteiger partial charge in [-0.1, -0.05) is 35.5 Å². The molecule has 3 heterocycles. The van der Waals surface area contributed by atoms with Crippen LogP contribution in [0, 0.1) is 13.8 Å². The molecule has 0 amide bonds. The van der Waals surface area contributed by atoms with E-state index in [1.54, 1.807) is 0 Å². The number of fused-ring (bicyclic) bond motifs is 1. The van der Waals surface area contributed by atoms with Crippen LogP contribution in [0.4, 0.5) is 5.95 Å². The number of nitrogens with one attached hydrogen (secondary N) is 2. The smallest absolute Gasteiger partial charge is 0.330 e. The standard InChI is InChI=1S/C19H18N6O3/c1-11-14(12(2)28-24-11)8-20-18-21-9-15-16(22-18)23-19(27)25(17(15)26)10-13-6-4-3-5-7-13/h3-7,9H,8,10H2,1-2H3,(H2,20,21,22,23,27). The Bertz CT molecular complexity index is 1240. The number of nitrogens with zero attached hydrogens (tertiary/aromatic N) is 4. The van der Waals surface area contributed by atoms with Crippen LogP contribution in [0.25, 0.3) is 11.0 Å². The van der Waals surface area contributed by atoms with E-state index in [0.29, 0.717) is 18.3 Å². The lowest BCUT2D eigenvalue weighted by molar-refractivity contribution is 0.392. The van der Waals surface area contributed by atoms with Gasteiger partial charge in [-0.05, 0) is 19.4 Å². The van der Waals surface area contributed by atoms with E-state index >= 15 is 0 Å². The highest BCUT2D eigenvalue weighted by Gasteiger charge is 2.12. The van der Waals surface area contributed by atoms with Crippen LogP contribution in [-0.4, -0.2) is 24.7 Å². The fourth-order valence-electron chi connectivity index (χ4n) is 2.96. The zero-order valence-corrected chi connectivity index (χ0v) is 15.4. The van der Waals surface area contributed by atoms with Gasteiger partial charge in [-0.3, -0.25) is 14.3 Å². The van der Waals surface area contributed by atoms with Crippen LogP contribution < -0.4 is 16.6 Å². The van der Waals surface area contributed by atoms with Crippen molar-refractivity contribution in [3.63, 3.8) is 0 Å². The number of hydrogen-bond donors (Lipinski definition) is 2. The number of anilines is 1. The Balaban J connectivity index is 1.65. The van der Waals surface area contributed by atoms with Gasteiger partial charge in [-0.15, -0.1) is 0 Å². The number of H-pyrrole nitrogens is 1. The van der Waals surface area contributed by atoms with Gasteiger partial charge in [0.25, 0.3) is 5.56 Å².